The third-order valence-corrected chi connectivity index (χ3v) is 5.04. The molecule has 0 bridgehead atoms. The van der Waals surface area contributed by atoms with E-state index in [9.17, 15) is 24.5 Å². The van der Waals surface area contributed by atoms with E-state index in [-0.39, 0.29) is 37.4 Å². The van der Waals surface area contributed by atoms with Gasteiger partial charge in [-0.2, -0.15) is 0 Å². The lowest BCUT2D eigenvalue weighted by Crippen LogP contribution is -2.55. The second-order valence-corrected chi connectivity index (χ2v) is 7.11. The standard InChI is InChI=1S/C21H24N6O6/c1-33-17-8-4-15(5-9-17)24-21(30)26-13-12-25(19(26)18(28)23-11-10-22)20(29)14-2-6-16(7-3-14)27(31)32/h2-9,19H,10-13,22H2,1H3,(H,23,28)(H,24,30). The first-order valence-corrected chi connectivity index (χ1v) is 10.1. The number of nitrogens with two attached hydrogens (primary N) is 1. The number of nitrogens with zero attached hydrogens (tertiary/aromatic N) is 3. The SMILES string of the molecule is COc1ccc(NC(=O)N2CCN(C(=O)c3ccc([N+](=O)[O-])cc3)C2C(=O)NCCN)cc1. The van der Waals surface area contributed by atoms with Gasteiger partial charge in [0.05, 0.1) is 12.0 Å². The highest BCUT2D eigenvalue weighted by Crippen LogP contribution is 2.22. The number of hydrogen-bond donors (Lipinski definition) is 3. The molecule has 2 aromatic rings. The molecule has 1 aliphatic rings. The average molecular weight is 456 g/mol. The Balaban J connectivity index is 1.81. The lowest BCUT2D eigenvalue weighted by Gasteiger charge is -2.29. The summed E-state index contributed by atoms with van der Waals surface area (Å²) in [5, 5.41) is 16.2. The molecule has 0 spiro atoms. The van der Waals surface area contributed by atoms with Crippen molar-refractivity contribution in [1.82, 2.24) is 15.1 Å². The van der Waals surface area contributed by atoms with Crippen LogP contribution < -0.4 is 21.1 Å². The number of urea groups is 1. The summed E-state index contributed by atoms with van der Waals surface area (Å²) < 4.78 is 5.10. The predicted octanol–water partition coefficient (Wildman–Crippen LogP) is 0.994. The number of carbonyl (C=O) groups is 3. The Morgan fingerprint density at radius 3 is 2.30 bits per heavy atom. The highest BCUT2D eigenvalue weighted by atomic mass is 16.6. The van der Waals surface area contributed by atoms with Crippen LogP contribution in [0.4, 0.5) is 16.2 Å². The minimum absolute atomic E-state index is 0.104. The Bertz CT molecular complexity index is 1030. The number of hydrogen-bond acceptors (Lipinski definition) is 7. The van der Waals surface area contributed by atoms with Crippen molar-refractivity contribution in [2.75, 3.05) is 38.6 Å². The Kier molecular flexibility index (Phi) is 7.41. The van der Waals surface area contributed by atoms with E-state index in [1.807, 2.05) is 0 Å². The summed E-state index contributed by atoms with van der Waals surface area (Å²) in [7, 11) is 1.53. The molecule has 0 aliphatic carbocycles. The molecule has 1 unspecified atom stereocenters. The van der Waals surface area contributed by atoms with Crippen molar-refractivity contribution < 1.29 is 24.0 Å². The minimum Gasteiger partial charge on any atom is -0.497 e. The minimum atomic E-state index is -1.21. The molecule has 0 radical (unpaired) electrons. The topological polar surface area (TPSA) is 160 Å². The molecule has 1 atom stereocenters. The van der Waals surface area contributed by atoms with Crippen LogP contribution in [0.5, 0.6) is 5.75 Å². The summed E-state index contributed by atoms with van der Waals surface area (Å²) in [5.41, 5.74) is 5.95. The van der Waals surface area contributed by atoms with E-state index in [2.05, 4.69) is 10.6 Å². The van der Waals surface area contributed by atoms with E-state index in [1.54, 1.807) is 24.3 Å². The van der Waals surface area contributed by atoms with Crippen molar-refractivity contribution in [2.45, 2.75) is 6.17 Å². The van der Waals surface area contributed by atoms with Crippen LogP contribution >= 0.6 is 0 Å². The van der Waals surface area contributed by atoms with Gasteiger partial charge in [-0.1, -0.05) is 0 Å². The van der Waals surface area contributed by atoms with E-state index in [4.69, 9.17) is 10.5 Å². The van der Waals surface area contributed by atoms with E-state index in [1.165, 1.54) is 41.2 Å². The maximum absolute atomic E-state index is 13.1. The number of carbonyl (C=O) groups excluding carboxylic acids is 3. The fourth-order valence-corrected chi connectivity index (χ4v) is 3.38. The van der Waals surface area contributed by atoms with E-state index < -0.39 is 28.9 Å². The number of rotatable bonds is 7. The zero-order valence-corrected chi connectivity index (χ0v) is 17.9. The monoisotopic (exact) mass is 456 g/mol. The molecule has 2 aromatic carbocycles. The summed E-state index contributed by atoms with van der Waals surface area (Å²) in [4.78, 5) is 51.7. The number of nitrogens with one attached hydrogen (secondary N) is 2. The van der Waals surface area contributed by atoms with Gasteiger partial charge < -0.3 is 26.0 Å². The summed E-state index contributed by atoms with van der Waals surface area (Å²) in [6.45, 7) is 0.573. The summed E-state index contributed by atoms with van der Waals surface area (Å²) in [6, 6.07) is 11.1. The van der Waals surface area contributed by atoms with Crippen molar-refractivity contribution in [3.8, 4) is 5.75 Å². The Morgan fingerprint density at radius 2 is 1.73 bits per heavy atom. The van der Waals surface area contributed by atoms with Gasteiger partial charge in [-0.3, -0.25) is 24.6 Å². The van der Waals surface area contributed by atoms with Gasteiger partial charge in [0, 0.05) is 49.6 Å². The Hall–Kier alpha value is -4.19. The fraction of sp³-hybridized carbons (Fsp3) is 0.286. The highest BCUT2D eigenvalue weighted by molar-refractivity contribution is 6.00. The molecule has 1 saturated heterocycles. The first-order valence-electron chi connectivity index (χ1n) is 10.1. The molecule has 4 amide bonds. The molecular formula is C21H24N6O6. The van der Waals surface area contributed by atoms with Gasteiger partial charge in [0.25, 0.3) is 17.5 Å². The number of nitro benzene ring substituents is 1. The molecule has 174 valence electrons. The van der Waals surface area contributed by atoms with Crippen LogP contribution in [-0.4, -0.2) is 72.0 Å². The number of ether oxygens (including phenoxy) is 1. The summed E-state index contributed by atoms with van der Waals surface area (Å²) in [6.07, 6.45) is -1.21. The second-order valence-electron chi connectivity index (χ2n) is 7.11. The van der Waals surface area contributed by atoms with Crippen molar-refractivity contribution in [1.29, 1.82) is 0 Å². The molecule has 3 rings (SSSR count). The molecule has 1 heterocycles. The molecule has 0 aromatic heterocycles. The van der Waals surface area contributed by atoms with Gasteiger partial charge in [0.15, 0.2) is 6.17 Å². The Morgan fingerprint density at radius 1 is 1.09 bits per heavy atom. The van der Waals surface area contributed by atoms with Crippen LogP contribution in [0.15, 0.2) is 48.5 Å². The molecule has 1 aliphatic heterocycles. The smallest absolute Gasteiger partial charge is 0.323 e. The molecule has 4 N–H and O–H groups in total. The van der Waals surface area contributed by atoms with E-state index in [0.717, 1.165) is 0 Å². The Labute approximate surface area is 189 Å². The zero-order valence-electron chi connectivity index (χ0n) is 17.9. The van der Waals surface area contributed by atoms with Crippen molar-refractivity contribution >= 4 is 29.2 Å². The zero-order chi connectivity index (χ0) is 24.0. The van der Waals surface area contributed by atoms with Crippen molar-refractivity contribution in [3.63, 3.8) is 0 Å². The number of anilines is 1. The normalized spacial score (nSPS) is 15.2. The van der Waals surface area contributed by atoms with Gasteiger partial charge in [0.1, 0.15) is 5.75 Å². The largest absolute Gasteiger partial charge is 0.497 e. The molecule has 33 heavy (non-hydrogen) atoms. The average Bonchev–Trinajstić information content (AvgIpc) is 3.28. The first-order chi connectivity index (χ1) is 15.8. The maximum atomic E-state index is 13.1. The number of nitro groups is 1. The van der Waals surface area contributed by atoms with Crippen LogP contribution in [0.2, 0.25) is 0 Å². The van der Waals surface area contributed by atoms with Gasteiger partial charge in [-0.15, -0.1) is 0 Å². The molecule has 12 heteroatoms. The van der Waals surface area contributed by atoms with Gasteiger partial charge in [0.2, 0.25) is 0 Å². The number of methoxy groups -OCH3 is 1. The van der Waals surface area contributed by atoms with Gasteiger partial charge >= 0.3 is 6.03 Å². The second kappa shape index (κ2) is 10.4. The molecule has 0 saturated carbocycles. The predicted molar refractivity (Wildman–Crippen MR) is 119 cm³/mol. The third-order valence-electron chi connectivity index (χ3n) is 5.04. The van der Waals surface area contributed by atoms with E-state index in [0.29, 0.717) is 11.4 Å². The molecule has 1 fully saturated rings. The first kappa shape index (κ1) is 23.5. The quantitative estimate of drug-likeness (QED) is 0.414. The lowest BCUT2D eigenvalue weighted by atomic mass is 10.1. The van der Waals surface area contributed by atoms with Crippen molar-refractivity contribution in [2.24, 2.45) is 5.73 Å². The summed E-state index contributed by atoms with van der Waals surface area (Å²) >= 11 is 0. The van der Waals surface area contributed by atoms with Crippen LogP contribution in [0.25, 0.3) is 0 Å². The van der Waals surface area contributed by atoms with Crippen LogP contribution in [0, 0.1) is 10.1 Å². The van der Waals surface area contributed by atoms with Crippen molar-refractivity contribution in [3.05, 3.63) is 64.2 Å². The number of amides is 4. The van der Waals surface area contributed by atoms with Gasteiger partial charge in [-0.05, 0) is 36.4 Å². The molecule has 12 nitrogen and oxygen atoms in total. The summed E-state index contributed by atoms with van der Waals surface area (Å²) in [5.74, 6) is -0.469. The van der Waals surface area contributed by atoms with Crippen LogP contribution in [0.3, 0.4) is 0 Å². The van der Waals surface area contributed by atoms with Crippen LogP contribution in [0.1, 0.15) is 10.4 Å². The number of non-ortho nitro benzene ring substituents is 1. The lowest BCUT2D eigenvalue weighted by molar-refractivity contribution is -0.384. The van der Waals surface area contributed by atoms with Crippen LogP contribution in [-0.2, 0) is 4.79 Å². The third kappa shape index (κ3) is 5.36. The maximum Gasteiger partial charge on any atom is 0.323 e. The number of benzene rings is 2. The fourth-order valence-electron chi connectivity index (χ4n) is 3.38. The highest BCUT2D eigenvalue weighted by Gasteiger charge is 2.43. The van der Waals surface area contributed by atoms with Gasteiger partial charge in [-0.25, -0.2) is 4.79 Å². The van der Waals surface area contributed by atoms with E-state index >= 15 is 0 Å². The molecular weight excluding hydrogens is 432 g/mol.